The summed E-state index contributed by atoms with van der Waals surface area (Å²) in [7, 11) is 0. The lowest BCUT2D eigenvalue weighted by Gasteiger charge is -1.94. The first-order valence-electron chi connectivity index (χ1n) is 4.32. The van der Waals surface area contributed by atoms with Crippen molar-refractivity contribution in [1.29, 1.82) is 0 Å². The molecule has 0 radical (unpaired) electrons. The van der Waals surface area contributed by atoms with Gasteiger partial charge < -0.3 is 9.52 Å². The molecule has 1 unspecified atom stereocenters. The quantitative estimate of drug-likeness (QED) is 0.784. The van der Waals surface area contributed by atoms with Crippen LogP contribution >= 0.6 is 0 Å². The van der Waals surface area contributed by atoms with Gasteiger partial charge in [-0.2, -0.15) is 0 Å². The first-order valence-corrected chi connectivity index (χ1v) is 4.32. The van der Waals surface area contributed by atoms with Gasteiger partial charge in [0.2, 0.25) is 5.89 Å². The van der Waals surface area contributed by atoms with E-state index in [-0.39, 0.29) is 0 Å². The maximum Gasteiger partial charge on any atom is 0.245 e. The fraction of sp³-hybridized carbons (Fsp3) is 0.200. The molecule has 0 aliphatic carbocycles. The second kappa shape index (κ2) is 3.59. The van der Waals surface area contributed by atoms with Crippen molar-refractivity contribution in [1.82, 2.24) is 9.97 Å². The van der Waals surface area contributed by atoms with Gasteiger partial charge in [0.15, 0.2) is 0 Å². The first kappa shape index (κ1) is 8.90. The standard InChI is InChI=1S/C10H10N2O2/c1-7(13)9-6-14-10(12-9)8-4-2-3-5-11-8/h2-7,13H,1H3. The molecule has 4 heteroatoms. The molecule has 1 N–H and O–H groups in total. The molecule has 2 aromatic rings. The molecule has 0 spiro atoms. The summed E-state index contributed by atoms with van der Waals surface area (Å²) in [6.07, 6.45) is 2.49. The molecule has 0 aliphatic rings. The fourth-order valence-electron chi connectivity index (χ4n) is 1.08. The summed E-state index contributed by atoms with van der Waals surface area (Å²) < 4.78 is 5.18. The molecule has 1 atom stereocenters. The van der Waals surface area contributed by atoms with E-state index in [4.69, 9.17) is 4.42 Å². The highest BCUT2D eigenvalue weighted by Gasteiger charge is 2.10. The number of aliphatic hydroxyl groups is 1. The van der Waals surface area contributed by atoms with Gasteiger partial charge in [-0.05, 0) is 19.1 Å². The molecule has 2 aromatic heterocycles. The SMILES string of the molecule is CC(O)c1coc(-c2ccccn2)n1. The van der Waals surface area contributed by atoms with Crippen molar-refractivity contribution in [3.8, 4) is 11.6 Å². The Morgan fingerprint density at radius 1 is 1.43 bits per heavy atom. The van der Waals surface area contributed by atoms with Gasteiger partial charge >= 0.3 is 0 Å². The van der Waals surface area contributed by atoms with Crippen LogP contribution in [0, 0.1) is 0 Å². The number of aromatic nitrogens is 2. The van der Waals surface area contributed by atoms with Gasteiger partial charge in [0.1, 0.15) is 17.7 Å². The molecule has 0 amide bonds. The minimum Gasteiger partial charge on any atom is -0.443 e. The molecule has 0 fully saturated rings. The van der Waals surface area contributed by atoms with Gasteiger partial charge in [-0.3, -0.25) is 4.98 Å². The van der Waals surface area contributed by atoms with Crippen LogP contribution in [0.3, 0.4) is 0 Å². The molecule has 0 bridgehead atoms. The van der Waals surface area contributed by atoms with E-state index >= 15 is 0 Å². The zero-order valence-electron chi connectivity index (χ0n) is 7.71. The largest absolute Gasteiger partial charge is 0.443 e. The monoisotopic (exact) mass is 190 g/mol. The Morgan fingerprint density at radius 3 is 2.86 bits per heavy atom. The molecule has 14 heavy (non-hydrogen) atoms. The second-order valence-corrected chi connectivity index (χ2v) is 2.97. The zero-order chi connectivity index (χ0) is 9.97. The topological polar surface area (TPSA) is 59.2 Å². The van der Waals surface area contributed by atoms with Crippen molar-refractivity contribution in [3.05, 3.63) is 36.4 Å². The average Bonchev–Trinajstić information content (AvgIpc) is 2.68. The van der Waals surface area contributed by atoms with Crippen LogP contribution in [0.5, 0.6) is 0 Å². The molecule has 2 heterocycles. The average molecular weight is 190 g/mol. The van der Waals surface area contributed by atoms with E-state index < -0.39 is 6.10 Å². The van der Waals surface area contributed by atoms with Gasteiger partial charge in [0.05, 0.1) is 6.10 Å². The minimum atomic E-state index is -0.615. The predicted molar refractivity (Wildman–Crippen MR) is 50.4 cm³/mol. The van der Waals surface area contributed by atoms with E-state index in [1.165, 1.54) is 6.26 Å². The Hall–Kier alpha value is -1.68. The van der Waals surface area contributed by atoms with E-state index in [0.717, 1.165) is 0 Å². The number of hydrogen-bond acceptors (Lipinski definition) is 4. The molecular formula is C10H10N2O2. The third kappa shape index (κ3) is 1.65. The molecule has 2 rings (SSSR count). The Bertz CT molecular complexity index is 409. The molecule has 0 saturated carbocycles. The number of pyridine rings is 1. The van der Waals surface area contributed by atoms with Gasteiger partial charge in [0, 0.05) is 6.20 Å². The maximum atomic E-state index is 9.24. The van der Waals surface area contributed by atoms with Crippen LogP contribution in [0.15, 0.2) is 35.1 Å². The van der Waals surface area contributed by atoms with Gasteiger partial charge in [-0.25, -0.2) is 4.98 Å². The highest BCUT2D eigenvalue weighted by molar-refractivity contribution is 5.46. The van der Waals surface area contributed by atoms with Crippen molar-refractivity contribution < 1.29 is 9.52 Å². The normalized spacial score (nSPS) is 12.7. The molecule has 72 valence electrons. The minimum absolute atomic E-state index is 0.432. The van der Waals surface area contributed by atoms with Crippen molar-refractivity contribution in [2.24, 2.45) is 0 Å². The van der Waals surface area contributed by atoms with Crippen molar-refractivity contribution >= 4 is 0 Å². The predicted octanol–water partition coefficient (Wildman–Crippen LogP) is 1.79. The summed E-state index contributed by atoms with van der Waals surface area (Å²) in [5, 5.41) is 9.24. The van der Waals surface area contributed by atoms with E-state index in [2.05, 4.69) is 9.97 Å². The van der Waals surface area contributed by atoms with E-state index in [1.54, 1.807) is 19.2 Å². The number of hydrogen-bond donors (Lipinski definition) is 1. The summed E-state index contributed by atoms with van der Waals surface area (Å²) in [5.74, 6) is 0.432. The number of rotatable bonds is 2. The van der Waals surface area contributed by atoms with E-state index in [9.17, 15) is 5.11 Å². The molecule has 0 saturated heterocycles. The smallest absolute Gasteiger partial charge is 0.245 e. The Morgan fingerprint density at radius 2 is 2.29 bits per heavy atom. The van der Waals surface area contributed by atoms with Crippen molar-refractivity contribution in [3.63, 3.8) is 0 Å². The lowest BCUT2D eigenvalue weighted by molar-refractivity contribution is 0.194. The Labute approximate surface area is 81.2 Å². The third-order valence-electron chi connectivity index (χ3n) is 1.83. The maximum absolute atomic E-state index is 9.24. The first-order chi connectivity index (χ1) is 6.77. The second-order valence-electron chi connectivity index (χ2n) is 2.97. The van der Waals surface area contributed by atoms with Crippen molar-refractivity contribution in [2.45, 2.75) is 13.0 Å². The lowest BCUT2D eigenvalue weighted by atomic mass is 10.3. The fourth-order valence-corrected chi connectivity index (χ4v) is 1.08. The molecule has 4 nitrogen and oxygen atoms in total. The Balaban J connectivity index is 2.34. The summed E-state index contributed by atoms with van der Waals surface area (Å²) in [6, 6.07) is 5.48. The van der Waals surface area contributed by atoms with Crippen LogP contribution in [-0.4, -0.2) is 15.1 Å². The van der Waals surface area contributed by atoms with Gasteiger partial charge in [-0.1, -0.05) is 6.07 Å². The highest BCUT2D eigenvalue weighted by Crippen LogP contribution is 2.18. The van der Waals surface area contributed by atoms with Crippen LogP contribution in [0.25, 0.3) is 11.6 Å². The molecule has 0 aliphatic heterocycles. The number of oxazole rings is 1. The van der Waals surface area contributed by atoms with E-state index in [1.807, 2.05) is 12.1 Å². The molecular weight excluding hydrogens is 180 g/mol. The summed E-state index contributed by atoms with van der Waals surface area (Å²) in [6.45, 7) is 1.64. The van der Waals surface area contributed by atoms with Crippen LogP contribution in [-0.2, 0) is 0 Å². The van der Waals surface area contributed by atoms with Crippen LogP contribution in [0.2, 0.25) is 0 Å². The van der Waals surface area contributed by atoms with Crippen LogP contribution in [0.1, 0.15) is 18.7 Å². The lowest BCUT2D eigenvalue weighted by Crippen LogP contribution is -1.90. The van der Waals surface area contributed by atoms with Crippen LogP contribution in [0.4, 0.5) is 0 Å². The number of nitrogens with zero attached hydrogens (tertiary/aromatic N) is 2. The summed E-state index contributed by atoms with van der Waals surface area (Å²) >= 11 is 0. The highest BCUT2D eigenvalue weighted by atomic mass is 16.3. The number of aliphatic hydroxyl groups excluding tert-OH is 1. The van der Waals surface area contributed by atoms with Crippen LogP contribution < -0.4 is 0 Å². The zero-order valence-corrected chi connectivity index (χ0v) is 7.71. The Kier molecular flexibility index (Phi) is 2.28. The third-order valence-corrected chi connectivity index (χ3v) is 1.83. The van der Waals surface area contributed by atoms with Gasteiger partial charge in [-0.15, -0.1) is 0 Å². The molecule has 0 aromatic carbocycles. The van der Waals surface area contributed by atoms with Gasteiger partial charge in [0.25, 0.3) is 0 Å². The van der Waals surface area contributed by atoms with Crippen molar-refractivity contribution in [2.75, 3.05) is 0 Å². The summed E-state index contributed by atoms with van der Waals surface area (Å²) in [5.41, 5.74) is 1.19. The summed E-state index contributed by atoms with van der Waals surface area (Å²) in [4.78, 5) is 8.18. The van der Waals surface area contributed by atoms with E-state index in [0.29, 0.717) is 17.3 Å².